The van der Waals surface area contributed by atoms with Crippen LogP contribution in [0.15, 0.2) is 47.4 Å². The Labute approximate surface area is 200 Å². The molecule has 4 rings (SSSR count). The maximum absolute atomic E-state index is 13.4. The Morgan fingerprint density at radius 3 is 2.71 bits per heavy atom. The lowest BCUT2D eigenvalue weighted by molar-refractivity contribution is -0.126. The summed E-state index contributed by atoms with van der Waals surface area (Å²) in [7, 11) is -3.74. The van der Waals surface area contributed by atoms with Crippen LogP contribution in [0, 0.1) is 5.92 Å². The number of benzene rings is 2. The molecule has 0 radical (unpaired) electrons. The highest BCUT2D eigenvalue weighted by molar-refractivity contribution is 7.89. The molecule has 9 heteroatoms. The van der Waals surface area contributed by atoms with Crippen LogP contribution in [-0.2, 0) is 32.6 Å². The van der Waals surface area contributed by atoms with Crippen molar-refractivity contribution in [3.8, 4) is 5.75 Å². The van der Waals surface area contributed by atoms with Gasteiger partial charge in [0.1, 0.15) is 5.75 Å². The molecule has 2 aliphatic heterocycles. The minimum absolute atomic E-state index is 0.0514. The third-order valence-corrected chi connectivity index (χ3v) is 8.16. The second-order valence-corrected chi connectivity index (χ2v) is 10.7. The lowest BCUT2D eigenvalue weighted by Crippen LogP contribution is -2.45. The van der Waals surface area contributed by atoms with Gasteiger partial charge in [0.05, 0.1) is 17.4 Å². The van der Waals surface area contributed by atoms with Gasteiger partial charge in [0, 0.05) is 31.7 Å². The second kappa shape index (κ2) is 10.6. The molecule has 2 amide bonds. The first-order chi connectivity index (χ1) is 16.4. The third kappa shape index (κ3) is 5.59. The fraction of sp³-hybridized carbons (Fsp3) is 0.440. The van der Waals surface area contributed by atoms with Crippen LogP contribution in [0.4, 0.5) is 5.69 Å². The third-order valence-electron chi connectivity index (χ3n) is 6.29. The number of sulfonamides is 1. The molecule has 0 aliphatic carbocycles. The number of hydrogen-bond acceptors (Lipinski definition) is 5. The maximum Gasteiger partial charge on any atom is 0.243 e. The molecule has 2 N–H and O–H groups in total. The van der Waals surface area contributed by atoms with E-state index < -0.39 is 15.9 Å². The second-order valence-electron chi connectivity index (χ2n) is 8.72. The molecule has 0 bridgehead atoms. The normalized spacial score (nSPS) is 19.0. The zero-order chi connectivity index (χ0) is 24.1. The van der Waals surface area contributed by atoms with Crippen molar-refractivity contribution in [1.29, 1.82) is 0 Å². The maximum atomic E-state index is 13.4. The standard InChI is InChI=1S/C25H31N3O5S/c1-2-33-21-10-8-18(9-11-21)16-26-25(30)20-6-4-14-28(17-20)34(31,32)22-12-13-23-19(15-22)5-3-7-24(29)27-23/h8-13,15,20H,2-7,14,16-17H2,1H3,(H,26,30)(H,27,29)/t20-/m1/s1. The van der Waals surface area contributed by atoms with Gasteiger partial charge in [0.2, 0.25) is 21.8 Å². The van der Waals surface area contributed by atoms with Crippen LogP contribution in [0.25, 0.3) is 0 Å². The number of fused-ring (bicyclic) bond motifs is 1. The van der Waals surface area contributed by atoms with Gasteiger partial charge in [-0.25, -0.2) is 8.42 Å². The first-order valence-corrected chi connectivity index (χ1v) is 13.2. The molecule has 1 atom stereocenters. The number of nitrogens with zero attached hydrogens (tertiary/aromatic N) is 1. The monoisotopic (exact) mass is 485 g/mol. The molecule has 2 aromatic carbocycles. The van der Waals surface area contributed by atoms with E-state index in [1.165, 1.54) is 10.4 Å². The SMILES string of the molecule is CCOc1ccc(CNC(=O)[C@@H]2CCCN(S(=O)(=O)c3ccc4c(c3)CCCC(=O)N4)C2)cc1. The van der Waals surface area contributed by atoms with E-state index >= 15 is 0 Å². The molecule has 0 spiro atoms. The number of nitrogens with one attached hydrogen (secondary N) is 2. The molecule has 0 unspecified atom stereocenters. The molecule has 182 valence electrons. The highest BCUT2D eigenvalue weighted by atomic mass is 32.2. The van der Waals surface area contributed by atoms with Crippen LogP contribution >= 0.6 is 0 Å². The van der Waals surface area contributed by atoms with Crippen LogP contribution in [0.1, 0.15) is 43.7 Å². The first-order valence-electron chi connectivity index (χ1n) is 11.8. The highest BCUT2D eigenvalue weighted by Crippen LogP contribution is 2.29. The first kappa shape index (κ1) is 24.2. The number of rotatable bonds is 7. The number of amides is 2. The summed E-state index contributed by atoms with van der Waals surface area (Å²) >= 11 is 0. The summed E-state index contributed by atoms with van der Waals surface area (Å²) in [6.07, 6.45) is 3.03. The van der Waals surface area contributed by atoms with Gasteiger partial charge in [-0.1, -0.05) is 12.1 Å². The molecule has 1 fully saturated rings. The number of anilines is 1. The zero-order valence-electron chi connectivity index (χ0n) is 19.4. The quantitative estimate of drug-likeness (QED) is 0.627. The summed E-state index contributed by atoms with van der Waals surface area (Å²) < 4.78 is 33.5. The molecule has 0 aromatic heterocycles. The van der Waals surface area contributed by atoms with Crippen LogP contribution in [0.5, 0.6) is 5.75 Å². The molecule has 34 heavy (non-hydrogen) atoms. The molecule has 8 nitrogen and oxygen atoms in total. The number of ether oxygens (including phenoxy) is 1. The molecular formula is C25H31N3O5S. The molecule has 2 heterocycles. The van der Waals surface area contributed by atoms with Crippen molar-refractivity contribution in [1.82, 2.24) is 9.62 Å². The minimum Gasteiger partial charge on any atom is -0.494 e. The summed E-state index contributed by atoms with van der Waals surface area (Å²) in [5, 5.41) is 5.77. The predicted octanol–water partition coefficient (Wildman–Crippen LogP) is 3.08. The van der Waals surface area contributed by atoms with Crippen molar-refractivity contribution >= 4 is 27.5 Å². The van der Waals surface area contributed by atoms with Gasteiger partial charge < -0.3 is 15.4 Å². The highest BCUT2D eigenvalue weighted by Gasteiger charge is 2.33. The summed E-state index contributed by atoms with van der Waals surface area (Å²) in [5.41, 5.74) is 2.45. The average Bonchev–Trinajstić information content (AvgIpc) is 3.03. The lowest BCUT2D eigenvalue weighted by atomic mass is 9.99. The number of aryl methyl sites for hydroxylation is 1. The van der Waals surface area contributed by atoms with E-state index in [0.29, 0.717) is 57.5 Å². The largest absolute Gasteiger partial charge is 0.494 e. The zero-order valence-corrected chi connectivity index (χ0v) is 20.2. The van der Waals surface area contributed by atoms with E-state index in [2.05, 4.69) is 10.6 Å². The van der Waals surface area contributed by atoms with Crippen molar-refractivity contribution in [2.45, 2.75) is 50.5 Å². The Balaban J connectivity index is 1.40. The van der Waals surface area contributed by atoms with Crippen molar-refractivity contribution in [3.63, 3.8) is 0 Å². The summed E-state index contributed by atoms with van der Waals surface area (Å²) in [6.45, 7) is 3.45. The summed E-state index contributed by atoms with van der Waals surface area (Å²) in [5.74, 6) is 0.195. The van der Waals surface area contributed by atoms with Crippen LogP contribution in [0.3, 0.4) is 0 Å². The van der Waals surface area contributed by atoms with Gasteiger partial charge in [-0.3, -0.25) is 9.59 Å². The van der Waals surface area contributed by atoms with Gasteiger partial charge in [-0.15, -0.1) is 0 Å². The Morgan fingerprint density at radius 1 is 1.15 bits per heavy atom. The van der Waals surface area contributed by atoms with Crippen molar-refractivity contribution < 1.29 is 22.7 Å². The van der Waals surface area contributed by atoms with E-state index in [-0.39, 0.29) is 23.3 Å². The van der Waals surface area contributed by atoms with E-state index in [1.807, 2.05) is 31.2 Å². The number of carbonyl (C=O) groups excluding carboxylic acids is 2. The molecule has 1 saturated heterocycles. The fourth-order valence-corrected chi connectivity index (χ4v) is 6.01. The lowest BCUT2D eigenvalue weighted by Gasteiger charge is -2.31. The number of hydrogen-bond donors (Lipinski definition) is 2. The topological polar surface area (TPSA) is 105 Å². The van der Waals surface area contributed by atoms with E-state index in [9.17, 15) is 18.0 Å². The van der Waals surface area contributed by atoms with Crippen molar-refractivity contribution in [2.75, 3.05) is 25.0 Å². The fourth-order valence-electron chi connectivity index (χ4n) is 4.44. The Hall–Kier alpha value is -2.91. The predicted molar refractivity (Wildman–Crippen MR) is 129 cm³/mol. The van der Waals surface area contributed by atoms with E-state index in [1.54, 1.807) is 12.1 Å². The van der Waals surface area contributed by atoms with Gasteiger partial charge in [0.25, 0.3) is 0 Å². The molecule has 2 aromatic rings. The summed E-state index contributed by atoms with van der Waals surface area (Å²) in [4.78, 5) is 24.8. The van der Waals surface area contributed by atoms with Crippen molar-refractivity contribution in [2.24, 2.45) is 5.92 Å². The average molecular weight is 486 g/mol. The Morgan fingerprint density at radius 2 is 1.94 bits per heavy atom. The smallest absolute Gasteiger partial charge is 0.243 e. The number of piperidine rings is 1. The Kier molecular flexibility index (Phi) is 7.53. The summed E-state index contributed by atoms with van der Waals surface area (Å²) in [6, 6.07) is 12.4. The van der Waals surface area contributed by atoms with Gasteiger partial charge in [0.15, 0.2) is 0 Å². The Bertz CT molecular complexity index is 1150. The van der Waals surface area contributed by atoms with Crippen molar-refractivity contribution in [3.05, 3.63) is 53.6 Å². The number of carbonyl (C=O) groups is 2. The van der Waals surface area contributed by atoms with Gasteiger partial charge in [-0.2, -0.15) is 4.31 Å². The van der Waals surface area contributed by atoms with E-state index in [0.717, 1.165) is 16.9 Å². The van der Waals surface area contributed by atoms with E-state index in [4.69, 9.17) is 4.74 Å². The van der Waals surface area contributed by atoms with Crippen LogP contribution < -0.4 is 15.4 Å². The van der Waals surface area contributed by atoms with Gasteiger partial charge >= 0.3 is 0 Å². The molecule has 2 aliphatic rings. The molecule has 0 saturated carbocycles. The van der Waals surface area contributed by atoms with Crippen LogP contribution in [0.2, 0.25) is 0 Å². The molecular weight excluding hydrogens is 454 g/mol. The van der Waals surface area contributed by atoms with Crippen LogP contribution in [-0.4, -0.2) is 44.2 Å². The minimum atomic E-state index is -3.74. The van der Waals surface area contributed by atoms with Gasteiger partial charge in [-0.05, 0) is 74.1 Å².